The Morgan fingerprint density at radius 3 is 2.45 bits per heavy atom. The Balaban J connectivity index is 3.38. The maximum absolute atomic E-state index is 11.4. The molecule has 0 saturated heterocycles. The van der Waals surface area contributed by atoms with E-state index in [0.29, 0.717) is 18.0 Å². The number of ether oxygens (including phenoxy) is 1. The molecule has 7 nitrogen and oxygen atoms in total. The molecule has 1 N–H and O–H groups in total. The molecule has 0 bridgehead atoms. The van der Waals surface area contributed by atoms with Gasteiger partial charge in [-0.15, -0.1) is 0 Å². The molecule has 0 fully saturated rings. The minimum atomic E-state index is -1.19. The number of carboxylic acid groups (broad SMARTS) is 1. The van der Waals surface area contributed by atoms with Gasteiger partial charge in [0.05, 0.1) is 18.1 Å². The van der Waals surface area contributed by atoms with E-state index in [4.69, 9.17) is 4.74 Å². The lowest BCUT2D eigenvalue weighted by Gasteiger charge is -2.36. The normalized spacial score (nSPS) is 11.0. The van der Waals surface area contributed by atoms with E-state index in [1.165, 1.54) is 19.2 Å². The van der Waals surface area contributed by atoms with Crippen LogP contribution in [-0.4, -0.2) is 35.2 Å². The van der Waals surface area contributed by atoms with Gasteiger partial charge in [-0.3, -0.25) is 10.1 Å². The van der Waals surface area contributed by atoms with Gasteiger partial charge in [-0.1, -0.05) is 0 Å². The van der Waals surface area contributed by atoms with Crippen molar-refractivity contribution in [1.29, 1.82) is 0 Å². The van der Waals surface area contributed by atoms with Crippen LogP contribution >= 0.6 is 0 Å². The van der Waals surface area contributed by atoms with Crippen molar-refractivity contribution in [1.82, 2.24) is 0 Å². The van der Waals surface area contributed by atoms with E-state index < -0.39 is 16.4 Å². The number of carboxylic acids is 1. The number of nitro groups is 1. The van der Waals surface area contributed by atoms with Crippen molar-refractivity contribution in [2.24, 2.45) is 0 Å². The lowest BCUT2D eigenvalue weighted by atomic mass is 10.0. The van der Waals surface area contributed by atoms with Gasteiger partial charge in [0.2, 0.25) is 0 Å². The molecule has 0 unspecified atom stereocenters. The van der Waals surface area contributed by atoms with Crippen molar-refractivity contribution in [2.45, 2.75) is 26.3 Å². The SMILES string of the molecule is CCN(c1cc(OC)cc([N+](=O)[O-])c1)C(C)(C)C(=O)O. The number of nitrogens with zero attached hydrogens (tertiary/aromatic N) is 2. The molecule has 0 amide bonds. The van der Waals surface area contributed by atoms with E-state index in [1.807, 2.05) is 0 Å². The average molecular weight is 282 g/mol. The summed E-state index contributed by atoms with van der Waals surface area (Å²) in [6.45, 7) is 5.27. The number of anilines is 1. The van der Waals surface area contributed by atoms with E-state index in [9.17, 15) is 20.0 Å². The van der Waals surface area contributed by atoms with Gasteiger partial charge in [-0.05, 0) is 20.8 Å². The Kier molecular flexibility index (Phi) is 4.54. The summed E-state index contributed by atoms with van der Waals surface area (Å²) in [5, 5.41) is 20.2. The van der Waals surface area contributed by atoms with Crippen LogP contribution in [-0.2, 0) is 4.79 Å². The third-order valence-corrected chi connectivity index (χ3v) is 3.15. The summed E-state index contributed by atoms with van der Waals surface area (Å²) in [6, 6.07) is 4.23. The molecule has 0 saturated carbocycles. The predicted octanol–water partition coefficient (Wildman–Crippen LogP) is 2.29. The van der Waals surface area contributed by atoms with Crippen molar-refractivity contribution >= 4 is 17.3 Å². The maximum Gasteiger partial charge on any atom is 0.328 e. The Morgan fingerprint density at radius 2 is 2.05 bits per heavy atom. The molecule has 7 heteroatoms. The summed E-state index contributed by atoms with van der Waals surface area (Å²) in [5.74, 6) is -0.696. The van der Waals surface area contributed by atoms with Crippen LogP contribution in [0.3, 0.4) is 0 Å². The summed E-state index contributed by atoms with van der Waals surface area (Å²) >= 11 is 0. The molecule has 110 valence electrons. The largest absolute Gasteiger partial charge is 0.496 e. The van der Waals surface area contributed by atoms with Crippen LogP contribution in [0.25, 0.3) is 0 Å². The van der Waals surface area contributed by atoms with Crippen molar-refractivity contribution in [3.63, 3.8) is 0 Å². The Morgan fingerprint density at radius 1 is 1.45 bits per heavy atom. The molecule has 1 rings (SSSR count). The average Bonchev–Trinajstić information content (AvgIpc) is 2.38. The van der Waals surface area contributed by atoms with E-state index in [0.717, 1.165) is 0 Å². The third-order valence-electron chi connectivity index (χ3n) is 3.15. The summed E-state index contributed by atoms with van der Waals surface area (Å²) in [6.07, 6.45) is 0. The second-order valence-corrected chi connectivity index (χ2v) is 4.75. The Labute approximate surface area is 116 Å². The quantitative estimate of drug-likeness (QED) is 0.635. The number of nitro benzene ring substituents is 1. The van der Waals surface area contributed by atoms with E-state index >= 15 is 0 Å². The maximum atomic E-state index is 11.4. The molecule has 20 heavy (non-hydrogen) atoms. The smallest absolute Gasteiger partial charge is 0.328 e. The van der Waals surface area contributed by atoms with Gasteiger partial charge in [0.1, 0.15) is 11.3 Å². The Hall–Kier alpha value is -2.31. The van der Waals surface area contributed by atoms with Gasteiger partial charge in [0.25, 0.3) is 5.69 Å². The van der Waals surface area contributed by atoms with Crippen LogP contribution in [0.4, 0.5) is 11.4 Å². The highest BCUT2D eigenvalue weighted by atomic mass is 16.6. The van der Waals surface area contributed by atoms with E-state index in [1.54, 1.807) is 31.7 Å². The van der Waals surface area contributed by atoms with Gasteiger partial charge >= 0.3 is 5.97 Å². The molecular weight excluding hydrogens is 264 g/mol. The van der Waals surface area contributed by atoms with Gasteiger partial charge in [-0.2, -0.15) is 0 Å². The van der Waals surface area contributed by atoms with Crippen molar-refractivity contribution < 1.29 is 19.6 Å². The summed E-state index contributed by atoms with van der Waals surface area (Å²) in [4.78, 5) is 23.3. The first kappa shape index (κ1) is 15.7. The molecule has 0 atom stereocenters. The van der Waals surface area contributed by atoms with Crippen LogP contribution in [0.5, 0.6) is 5.75 Å². The molecule has 0 heterocycles. The van der Waals surface area contributed by atoms with Crippen LogP contribution in [0.15, 0.2) is 18.2 Å². The van der Waals surface area contributed by atoms with Gasteiger partial charge in [0.15, 0.2) is 0 Å². The van der Waals surface area contributed by atoms with Crippen molar-refractivity contribution in [3.8, 4) is 5.75 Å². The van der Waals surface area contributed by atoms with Crippen LogP contribution in [0, 0.1) is 10.1 Å². The topological polar surface area (TPSA) is 92.9 Å². The zero-order valence-corrected chi connectivity index (χ0v) is 11.9. The van der Waals surface area contributed by atoms with Gasteiger partial charge < -0.3 is 14.7 Å². The second-order valence-electron chi connectivity index (χ2n) is 4.75. The summed E-state index contributed by atoms with van der Waals surface area (Å²) < 4.78 is 5.03. The molecular formula is C13H18N2O5. The fraction of sp³-hybridized carbons (Fsp3) is 0.462. The number of benzene rings is 1. The minimum absolute atomic E-state index is 0.140. The number of hydrogen-bond acceptors (Lipinski definition) is 5. The molecule has 0 aliphatic heterocycles. The second kappa shape index (κ2) is 5.77. The monoisotopic (exact) mass is 282 g/mol. The molecule has 0 aliphatic rings. The van der Waals surface area contributed by atoms with E-state index in [-0.39, 0.29) is 5.69 Å². The van der Waals surface area contributed by atoms with Gasteiger partial charge in [-0.25, -0.2) is 4.79 Å². The molecule has 0 spiro atoms. The van der Waals surface area contributed by atoms with Crippen molar-refractivity contribution in [2.75, 3.05) is 18.6 Å². The van der Waals surface area contributed by atoms with E-state index in [2.05, 4.69) is 0 Å². The number of non-ortho nitro benzene ring substituents is 1. The standard InChI is InChI=1S/C13H18N2O5/c1-5-14(13(2,3)12(16)17)9-6-10(15(18)19)8-11(7-9)20-4/h6-8H,5H2,1-4H3,(H,16,17). The first-order chi connectivity index (χ1) is 9.23. The first-order valence-corrected chi connectivity index (χ1v) is 6.08. The minimum Gasteiger partial charge on any atom is -0.496 e. The highest BCUT2D eigenvalue weighted by molar-refractivity contribution is 5.83. The van der Waals surface area contributed by atoms with Crippen LogP contribution < -0.4 is 9.64 Å². The molecule has 0 radical (unpaired) electrons. The molecule has 1 aromatic carbocycles. The fourth-order valence-electron chi connectivity index (χ4n) is 1.96. The number of rotatable bonds is 6. The van der Waals surface area contributed by atoms with Crippen LogP contribution in [0.2, 0.25) is 0 Å². The number of hydrogen-bond donors (Lipinski definition) is 1. The summed E-state index contributed by atoms with van der Waals surface area (Å²) in [5.41, 5.74) is -0.889. The van der Waals surface area contributed by atoms with Crippen molar-refractivity contribution in [3.05, 3.63) is 28.3 Å². The molecule has 0 aromatic heterocycles. The first-order valence-electron chi connectivity index (χ1n) is 6.08. The predicted molar refractivity (Wildman–Crippen MR) is 74.4 cm³/mol. The number of methoxy groups -OCH3 is 1. The molecule has 1 aromatic rings. The number of aliphatic carboxylic acids is 1. The highest BCUT2D eigenvalue weighted by Gasteiger charge is 2.34. The Bertz CT molecular complexity index is 527. The zero-order chi connectivity index (χ0) is 15.5. The lowest BCUT2D eigenvalue weighted by Crippen LogP contribution is -2.50. The zero-order valence-electron chi connectivity index (χ0n) is 11.9. The summed E-state index contributed by atoms with van der Waals surface area (Å²) in [7, 11) is 1.40. The fourth-order valence-corrected chi connectivity index (χ4v) is 1.96. The highest BCUT2D eigenvalue weighted by Crippen LogP contribution is 2.32. The van der Waals surface area contributed by atoms with Crippen LogP contribution in [0.1, 0.15) is 20.8 Å². The lowest BCUT2D eigenvalue weighted by molar-refractivity contribution is -0.384. The molecule has 0 aliphatic carbocycles. The number of likely N-dealkylation sites (N-methyl/N-ethyl adjacent to an activating group) is 1. The third kappa shape index (κ3) is 2.98. The van der Waals surface area contributed by atoms with Gasteiger partial charge in [0, 0.05) is 24.4 Å². The number of carbonyl (C=O) groups is 1.